The summed E-state index contributed by atoms with van der Waals surface area (Å²) in [4.78, 5) is 24.8. The van der Waals surface area contributed by atoms with Crippen molar-refractivity contribution in [1.82, 2.24) is 30.0 Å². The molecule has 0 aliphatic heterocycles. The van der Waals surface area contributed by atoms with Crippen molar-refractivity contribution in [3.8, 4) is 17.1 Å². The number of carbonyl (C=O) groups is 1. The number of ether oxygens (including phenoxy) is 1. The number of H-pyrrole nitrogens is 1. The molecule has 0 unspecified atom stereocenters. The van der Waals surface area contributed by atoms with Crippen LogP contribution in [-0.2, 0) is 7.05 Å². The van der Waals surface area contributed by atoms with E-state index in [1.807, 2.05) is 46.0 Å². The minimum atomic E-state index is -0.345. The maximum absolute atomic E-state index is 12.6. The largest absolute Gasteiger partial charge is 0.497 e. The first-order chi connectivity index (χ1) is 13.3. The molecule has 1 aromatic carbocycles. The molecule has 0 aliphatic carbocycles. The Kier molecular flexibility index (Phi) is 4.06. The number of hydrogen-bond donors (Lipinski definition) is 2. The van der Waals surface area contributed by atoms with Crippen LogP contribution in [0, 0.1) is 0 Å². The van der Waals surface area contributed by atoms with Crippen molar-refractivity contribution in [3.05, 3.63) is 36.2 Å². The Bertz CT molecular complexity index is 1200. The molecule has 8 heteroatoms. The van der Waals surface area contributed by atoms with Crippen LogP contribution in [-0.4, -0.2) is 43.3 Å². The topological polar surface area (TPSA) is 97.7 Å². The molecule has 0 radical (unpaired) electrons. The first kappa shape index (κ1) is 18.0. The molecule has 1 amide bonds. The monoisotopic (exact) mass is 378 g/mol. The van der Waals surface area contributed by atoms with Crippen LogP contribution in [0.3, 0.4) is 0 Å². The highest BCUT2D eigenvalue weighted by Crippen LogP contribution is 2.30. The predicted octanol–water partition coefficient (Wildman–Crippen LogP) is 3.05. The van der Waals surface area contributed by atoms with Crippen molar-refractivity contribution in [2.75, 3.05) is 7.11 Å². The van der Waals surface area contributed by atoms with Crippen LogP contribution in [0.2, 0.25) is 0 Å². The van der Waals surface area contributed by atoms with E-state index >= 15 is 0 Å². The number of nitrogens with zero attached hydrogens (tertiary/aromatic N) is 4. The summed E-state index contributed by atoms with van der Waals surface area (Å²) in [6.45, 7) is 5.81. The van der Waals surface area contributed by atoms with Gasteiger partial charge in [0.15, 0.2) is 5.65 Å². The van der Waals surface area contributed by atoms with Crippen molar-refractivity contribution >= 4 is 28.0 Å². The average molecular weight is 378 g/mol. The lowest BCUT2D eigenvalue weighted by Gasteiger charge is -2.19. The van der Waals surface area contributed by atoms with Crippen LogP contribution in [0.4, 0.5) is 0 Å². The van der Waals surface area contributed by atoms with Gasteiger partial charge in [0, 0.05) is 30.2 Å². The Labute approximate surface area is 161 Å². The summed E-state index contributed by atoms with van der Waals surface area (Å²) in [5, 5.41) is 8.51. The second-order valence-corrected chi connectivity index (χ2v) is 7.71. The molecule has 2 N–H and O–H groups in total. The fourth-order valence-corrected chi connectivity index (χ4v) is 3.14. The molecule has 3 heterocycles. The molecule has 0 saturated heterocycles. The van der Waals surface area contributed by atoms with Crippen LogP contribution in [0.1, 0.15) is 31.1 Å². The average Bonchev–Trinajstić information content (AvgIpc) is 3.21. The quantitative estimate of drug-likeness (QED) is 0.571. The van der Waals surface area contributed by atoms with Gasteiger partial charge in [-0.15, -0.1) is 0 Å². The highest BCUT2D eigenvalue weighted by molar-refractivity contribution is 6.05. The zero-order valence-electron chi connectivity index (χ0n) is 16.5. The molecule has 4 aromatic rings. The van der Waals surface area contributed by atoms with Crippen molar-refractivity contribution in [1.29, 1.82) is 0 Å². The Morgan fingerprint density at radius 3 is 2.79 bits per heavy atom. The second-order valence-electron chi connectivity index (χ2n) is 7.71. The van der Waals surface area contributed by atoms with Crippen LogP contribution >= 0.6 is 0 Å². The van der Waals surface area contributed by atoms with Gasteiger partial charge in [-0.3, -0.25) is 9.48 Å². The van der Waals surface area contributed by atoms with Crippen molar-refractivity contribution < 1.29 is 9.53 Å². The van der Waals surface area contributed by atoms with Gasteiger partial charge in [0.2, 0.25) is 0 Å². The van der Waals surface area contributed by atoms with Gasteiger partial charge in [-0.25, -0.2) is 9.97 Å². The molecule has 28 heavy (non-hydrogen) atoms. The van der Waals surface area contributed by atoms with Crippen molar-refractivity contribution in [2.24, 2.45) is 7.05 Å². The molecular weight excluding hydrogens is 356 g/mol. The van der Waals surface area contributed by atoms with Crippen molar-refractivity contribution in [2.45, 2.75) is 26.3 Å². The van der Waals surface area contributed by atoms with Gasteiger partial charge < -0.3 is 15.0 Å². The summed E-state index contributed by atoms with van der Waals surface area (Å²) in [6.07, 6.45) is 3.30. The molecule has 0 bridgehead atoms. The van der Waals surface area contributed by atoms with Gasteiger partial charge in [-0.05, 0) is 32.9 Å². The first-order valence-electron chi connectivity index (χ1n) is 8.94. The maximum Gasteiger partial charge on any atom is 0.255 e. The highest BCUT2D eigenvalue weighted by Gasteiger charge is 2.21. The summed E-state index contributed by atoms with van der Waals surface area (Å²) in [5.41, 5.74) is 3.43. The van der Waals surface area contributed by atoms with Gasteiger partial charge in [-0.1, -0.05) is 0 Å². The van der Waals surface area contributed by atoms with Gasteiger partial charge in [0.05, 0.1) is 24.4 Å². The Morgan fingerprint density at radius 2 is 2.07 bits per heavy atom. The number of hydrogen-bond acceptors (Lipinski definition) is 5. The standard InChI is InChI=1S/C20H22N6O2/c1-20(2,3)24-19(27)13-9-21-18-17(13)23-14(10-22-18)16-12-7-6-11(28-5)8-15(12)26(4)25-16/h6-10H,1-5H3,(H,21,22)(H,24,27). The molecular formula is C20H22N6O2. The normalized spacial score (nSPS) is 11.9. The zero-order chi connectivity index (χ0) is 20.1. The third-order valence-electron chi connectivity index (χ3n) is 4.42. The molecule has 3 aromatic heterocycles. The lowest BCUT2D eigenvalue weighted by Crippen LogP contribution is -2.40. The molecule has 0 fully saturated rings. The van der Waals surface area contributed by atoms with E-state index in [4.69, 9.17) is 9.72 Å². The SMILES string of the molecule is COc1ccc2c(-c3cnc4[nH]cc(C(=O)NC(C)(C)C)c4n3)nn(C)c2c1. The minimum absolute atomic E-state index is 0.194. The molecule has 0 atom stereocenters. The summed E-state index contributed by atoms with van der Waals surface area (Å²) in [5.74, 6) is 0.566. The van der Waals surface area contributed by atoms with E-state index in [9.17, 15) is 4.79 Å². The molecule has 0 saturated carbocycles. The number of aromatic nitrogens is 5. The van der Waals surface area contributed by atoms with Crippen molar-refractivity contribution in [3.63, 3.8) is 0 Å². The van der Waals surface area contributed by atoms with E-state index in [0.29, 0.717) is 28.1 Å². The maximum atomic E-state index is 12.6. The minimum Gasteiger partial charge on any atom is -0.497 e. The predicted molar refractivity (Wildman–Crippen MR) is 107 cm³/mol. The Balaban J connectivity index is 1.83. The zero-order valence-corrected chi connectivity index (χ0v) is 16.5. The third-order valence-corrected chi connectivity index (χ3v) is 4.42. The number of fused-ring (bicyclic) bond motifs is 2. The third kappa shape index (κ3) is 3.06. The number of nitrogens with one attached hydrogen (secondary N) is 2. The van der Waals surface area contributed by atoms with Gasteiger partial charge in [-0.2, -0.15) is 5.10 Å². The first-order valence-corrected chi connectivity index (χ1v) is 8.94. The lowest BCUT2D eigenvalue weighted by molar-refractivity contribution is 0.0921. The smallest absolute Gasteiger partial charge is 0.255 e. The fourth-order valence-electron chi connectivity index (χ4n) is 3.14. The number of carbonyl (C=O) groups excluding carboxylic acids is 1. The number of benzene rings is 1. The molecule has 8 nitrogen and oxygen atoms in total. The Hall–Kier alpha value is -3.42. The van der Waals surface area contributed by atoms with E-state index in [0.717, 1.165) is 16.7 Å². The number of aromatic amines is 1. The number of amides is 1. The summed E-state index contributed by atoms with van der Waals surface area (Å²) >= 11 is 0. The molecule has 0 spiro atoms. The summed E-state index contributed by atoms with van der Waals surface area (Å²) in [7, 11) is 3.50. The highest BCUT2D eigenvalue weighted by atomic mass is 16.5. The second kappa shape index (κ2) is 6.33. The van der Waals surface area contributed by atoms with Crippen LogP contribution < -0.4 is 10.1 Å². The van der Waals surface area contributed by atoms with Gasteiger partial charge in [0.1, 0.15) is 22.7 Å². The van der Waals surface area contributed by atoms with E-state index in [-0.39, 0.29) is 11.4 Å². The fraction of sp³-hybridized carbons (Fsp3) is 0.300. The summed E-state index contributed by atoms with van der Waals surface area (Å²) < 4.78 is 7.08. The van der Waals surface area contributed by atoms with Gasteiger partial charge in [0.25, 0.3) is 5.91 Å². The van der Waals surface area contributed by atoms with Crippen LogP contribution in [0.15, 0.2) is 30.6 Å². The van der Waals surface area contributed by atoms with Gasteiger partial charge >= 0.3 is 0 Å². The van der Waals surface area contributed by atoms with E-state index in [1.54, 1.807) is 24.2 Å². The van der Waals surface area contributed by atoms with E-state index in [2.05, 4.69) is 20.4 Å². The number of methoxy groups -OCH3 is 1. The van der Waals surface area contributed by atoms with E-state index < -0.39 is 0 Å². The lowest BCUT2D eigenvalue weighted by atomic mass is 10.1. The molecule has 4 rings (SSSR count). The van der Waals surface area contributed by atoms with E-state index in [1.165, 1.54) is 0 Å². The van der Waals surface area contributed by atoms with Crippen LogP contribution in [0.5, 0.6) is 5.75 Å². The van der Waals surface area contributed by atoms with Crippen LogP contribution in [0.25, 0.3) is 33.5 Å². The number of aryl methyl sites for hydroxylation is 1. The number of rotatable bonds is 3. The summed E-state index contributed by atoms with van der Waals surface area (Å²) in [6, 6.07) is 5.76. The molecule has 0 aliphatic rings. The molecule has 144 valence electrons. The Morgan fingerprint density at radius 1 is 1.29 bits per heavy atom.